The molecule has 0 aliphatic rings. The van der Waals surface area contributed by atoms with Crippen molar-refractivity contribution in [2.45, 2.75) is 0 Å². The Morgan fingerprint density at radius 1 is 1.54 bits per heavy atom. The number of halogens is 1. The number of pyridine rings is 1. The number of nitrogens with one attached hydrogen (secondary N) is 1. The summed E-state index contributed by atoms with van der Waals surface area (Å²) in [5, 5.41) is 4.56. The van der Waals surface area contributed by atoms with Crippen LogP contribution in [0, 0.1) is 4.51 Å². The van der Waals surface area contributed by atoms with E-state index in [-0.39, 0.29) is 0 Å². The highest BCUT2D eigenvalue weighted by molar-refractivity contribution is 7.71. The molecule has 0 bridgehead atoms. The van der Waals surface area contributed by atoms with E-state index in [1.807, 2.05) is 6.07 Å². The molecule has 0 fully saturated rings. The van der Waals surface area contributed by atoms with Gasteiger partial charge in [0.15, 0.2) is 5.82 Å². The molecule has 0 radical (unpaired) electrons. The van der Waals surface area contributed by atoms with Gasteiger partial charge in [-0.15, -0.1) is 0 Å². The molecule has 2 heterocycles. The van der Waals surface area contributed by atoms with E-state index in [1.165, 1.54) is 0 Å². The van der Waals surface area contributed by atoms with Crippen LogP contribution in [-0.2, 0) is 0 Å². The highest BCUT2D eigenvalue weighted by atomic mass is 35.5. The minimum atomic E-state index is 0.515. The van der Waals surface area contributed by atoms with Crippen molar-refractivity contribution < 1.29 is 0 Å². The first-order chi connectivity index (χ1) is 6.29. The molecule has 0 amide bonds. The van der Waals surface area contributed by atoms with Crippen molar-refractivity contribution in [2.24, 2.45) is 0 Å². The second kappa shape index (κ2) is 3.32. The molecule has 1 N–H and O–H groups in total. The summed E-state index contributed by atoms with van der Waals surface area (Å²) in [6, 6.07) is 3.56. The van der Waals surface area contributed by atoms with Gasteiger partial charge in [-0.1, -0.05) is 23.8 Å². The largest absolute Gasteiger partial charge is 0.345 e. The van der Waals surface area contributed by atoms with Gasteiger partial charge >= 0.3 is 0 Å². The molecule has 2 rings (SSSR count). The highest BCUT2D eigenvalue weighted by Crippen LogP contribution is 2.17. The van der Waals surface area contributed by atoms with Gasteiger partial charge < -0.3 is 4.98 Å². The maximum absolute atomic E-state index is 5.99. The number of aromatic amines is 1. The van der Waals surface area contributed by atoms with E-state index in [1.54, 1.807) is 29.3 Å². The molecule has 0 spiro atoms. The number of H-pyrrole nitrogens is 1. The fourth-order valence-electron chi connectivity index (χ4n) is 1.02. The lowest BCUT2D eigenvalue weighted by atomic mass is 10.4. The quantitative estimate of drug-likeness (QED) is 0.736. The van der Waals surface area contributed by atoms with E-state index in [4.69, 9.17) is 23.8 Å². The Morgan fingerprint density at radius 2 is 2.38 bits per heavy atom. The van der Waals surface area contributed by atoms with Crippen LogP contribution >= 0.6 is 23.8 Å². The van der Waals surface area contributed by atoms with Gasteiger partial charge in [-0.05, 0) is 12.1 Å². The van der Waals surface area contributed by atoms with Crippen LogP contribution in [0.25, 0.3) is 5.82 Å². The third kappa shape index (κ3) is 1.50. The van der Waals surface area contributed by atoms with Crippen molar-refractivity contribution >= 4 is 23.8 Å². The first-order valence-corrected chi connectivity index (χ1v) is 4.45. The summed E-state index contributed by atoms with van der Waals surface area (Å²) < 4.78 is 2.25. The normalized spacial score (nSPS) is 10.2. The molecule has 0 saturated carbocycles. The lowest BCUT2D eigenvalue weighted by Gasteiger charge is -2.02. The second-order valence-electron chi connectivity index (χ2n) is 2.46. The van der Waals surface area contributed by atoms with Gasteiger partial charge in [-0.2, -0.15) is 5.10 Å². The molecular weight excluding hydrogens is 206 g/mol. The van der Waals surface area contributed by atoms with Gasteiger partial charge in [0, 0.05) is 18.6 Å². The molecule has 66 valence electrons. The monoisotopic (exact) mass is 211 g/mol. The summed E-state index contributed by atoms with van der Waals surface area (Å²) in [5.74, 6) is 0.694. The van der Waals surface area contributed by atoms with Crippen LogP contribution in [0.2, 0.25) is 5.02 Å². The summed E-state index contributed by atoms with van der Waals surface area (Å²) in [5.41, 5.74) is 0. The smallest absolute Gasteiger partial charge is 0.151 e. The molecule has 13 heavy (non-hydrogen) atoms. The zero-order chi connectivity index (χ0) is 9.26. The van der Waals surface area contributed by atoms with Crippen LogP contribution in [-0.4, -0.2) is 14.8 Å². The number of aromatic nitrogens is 3. The number of nitrogens with zero attached hydrogens (tertiary/aromatic N) is 2. The topological polar surface area (TPSA) is 33.6 Å². The molecule has 0 aromatic carbocycles. The van der Waals surface area contributed by atoms with Crippen LogP contribution in [0.5, 0.6) is 0 Å². The van der Waals surface area contributed by atoms with Crippen LogP contribution in [0.3, 0.4) is 0 Å². The van der Waals surface area contributed by atoms with Crippen molar-refractivity contribution in [3.05, 3.63) is 40.3 Å². The number of hydrogen-bond acceptors (Lipinski definition) is 2. The van der Waals surface area contributed by atoms with Gasteiger partial charge in [0.05, 0.1) is 4.51 Å². The van der Waals surface area contributed by atoms with E-state index >= 15 is 0 Å². The SMILES string of the molecule is S=c1cc[nH]c(-n2cccn2)c1Cl. The van der Waals surface area contributed by atoms with Crippen LogP contribution < -0.4 is 0 Å². The molecular formula is C8H6ClN3S. The van der Waals surface area contributed by atoms with E-state index < -0.39 is 0 Å². The number of hydrogen-bond donors (Lipinski definition) is 1. The minimum Gasteiger partial charge on any atom is -0.345 e. The average Bonchev–Trinajstić information content (AvgIpc) is 2.62. The minimum absolute atomic E-state index is 0.515. The summed E-state index contributed by atoms with van der Waals surface area (Å²) in [7, 11) is 0. The Balaban J connectivity index is 2.66. The summed E-state index contributed by atoms with van der Waals surface area (Å²) in [4.78, 5) is 2.98. The Morgan fingerprint density at radius 3 is 3.08 bits per heavy atom. The van der Waals surface area contributed by atoms with Crippen molar-refractivity contribution in [2.75, 3.05) is 0 Å². The standard InChI is InChI=1S/C8H6ClN3S/c9-7-6(13)2-4-10-8(7)12-5-1-3-11-12/h1-5H,(H,10,13). The molecule has 0 aliphatic carbocycles. The van der Waals surface area contributed by atoms with E-state index in [9.17, 15) is 0 Å². The molecule has 0 unspecified atom stereocenters. The van der Waals surface area contributed by atoms with Crippen LogP contribution in [0.15, 0.2) is 30.7 Å². The Bertz CT molecular complexity index is 460. The predicted molar refractivity (Wildman–Crippen MR) is 53.8 cm³/mol. The third-order valence-corrected chi connectivity index (χ3v) is 2.45. The van der Waals surface area contributed by atoms with Gasteiger partial charge in [0.1, 0.15) is 5.02 Å². The molecule has 0 atom stereocenters. The highest BCUT2D eigenvalue weighted by Gasteiger charge is 2.02. The zero-order valence-electron chi connectivity index (χ0n) is 6.57. The molecule has 5 heteroatoms. The summed E-state index contributed by atoms with van der Waals surface area (Å²) >= 11 is 11.0. The van der Waals surface area contributed by atoms with E-state index in [0.29, 0.717) is 15.4 Å². The van der Waals surface area contributed by atoms with Gasteiger partial charge in [0.2, 0.25) is 0 Å². The lowest BCUT2D eigenvalue weighted by Crippen LogP contribution is -1.98. The van der Waals surface area contributed by atoms with Crippen molar-refractivity contribution in [3.63, 3.8) is 0 Å². The Hall–Kier alpha value is -1.13. The van der Waals surface area contributed by atoms with Crippen molar-refractivity contribution in [1.29, 1.82) is 0 Å². The van der Waals surface area contributed by atoms with Gasteiger partial charge in [-0.25, -0.2) is 4.68 Å². The first kappa shape index (κ1) is 8.47. The van der Waals surface area contributed by atoms with Gasteiger partial charge in [0.25, 0.3) is 0 Å². The van der Waals surface area contributed by atoms with Crippen molar-refractivity contribution in [1.82, 2.24) is 14.8 Å². The summed E-state index contributed by atoms with van der Waals surface area (Å²) in [6.45, 7) is 0. The average molecular weight is 212 g/mol. The fraction of sp³-hybridized carbons (Fsp3) is 0. The molecule has 3 nitrogen and oxygen atoms in total. The Labute approximate surface area is 85.0 Å². The predicted octanol–water partition coefficient (Wildman–Crippen LogP) is 2.58. The van der Waals surface area contributed by atoms with Crippen LogP contribution in [0.4, 0.5) is 0 Å². The third-order valence-electron chi connectivity index (χ3n) is 1.61. The van der Waals surface area contributed by atoms with Gasteiger partial charge in [-0.3, -0.25) is 0 Å². The summed E-state index contributed by atoms with van der Waals surface area (Å²) in [6.07, 6.45) is 5.22. The Kier molecular flexibility index (Phi) is 2.16. The number of rotatable bonds is 1. The molecule has 2 aromatic heterocycles. The van der Waals surface area contributed by atoms with Crippen LogP contribution in [0.1, 0.15) is 0 Å². The second-order valence-corrected chi connectivity index (χ2v) is 3.27. The lowest BCUT2D eigenvalue weighted by molar-refractivity contribution is 0.846. The maximum atomic E-state index is 5.99. The van der Waals surface area contributed by atoms with E-state index in [0.717, 1.165) is 0 Å². The molecule has 0 saturated heterocycles. The zero-order valence-corrected chi connectivity index (χ0v) is 8.14. The fourth-order valence-corrected chi connectivity index (χ4v) is 1.39. The molecule has 2 aromatic rings. The van der Waals surface area contributed by atoms with Crippen molar-refractivity contribution in [3.8, 4) is 5.82 Å². The van der Waals surface area contributed by atoms with E-state index in [2.05, 4.69) is 10.1 Å². The molecule has 0 aliphatic heterocycles. The first-order valence-electron chi connectivity index (χ1n) is 3.66. The maximum Gasteiger partial charge on any atom is 0.151 e.